The van der Waals surface area contributed by atoms with Gasteiger partial charge in [0.25, 0.3) is 0 Å². The Kier molecular flexibility index (Phi) is 4.46. The van der Waals surface area contributed by atoms with Crippen molar-refractivity contribution in [2.75, 3.05) is 6.79 Å². The molecule has 0 saturated carbocycles. The molecule has 0 radical (unpaired) electrons. The van der Waals surface area contributed by atoms with Gasteiger partial charge in [-0.15, -0.1) is 0 Å². The van der Waals surface area contributed by atoms with Crippen molar-refractivity contribution >= 4 is 17.8 Å². The topological polar surface area (TPSA) is 134 Å². The smallest absolute Gasteiger partial charge is 0.307 e. The molecule has 0 unspecified atom stereocenters. The highest BCUT2D eigenvalue weighted by atomic mass is 16.7. The number of carbonyl (C=O) groups is 1. The van der Waals surface area contributed by atoms with Crippen molar-refractivity contribution in [3.05, 3.63) is 69.9 Å². The Morgan fingerprint density at radius 3 is 3.00 bits per heavy atom. The first-order chi connectivity index (χ1) is 13.6. The molecule has 3 aromatic rings. The number of benzene rings is 1. The SMILES string of the molecule is O=C(N/N=C\c1ccc2c(c1)OCO2)c1ccc(Cn2cc([N+](=O)[O-])cn2)o1. The molecule has 0 atom stereocenters. The summed E-state index contributed by atoms with van der Waals surface area (Å²) in [6.45, 7) is 0.334. The fourth-order valence-corrected chi connectivity index (χ4v) is 2.49. The van der Waals surface area contributed by atoms with Crippen LogP contribution >= 0.6 is 0 Å². The third-order valence-corrected chi connectivity index (χ3v) is 3.81. The molecule has 11 nitrogen and oxygen atoms in total. The van der Waals surface area contributed by atoms with Gasteiger partial charge in [-0.3, -0.25) is 19.6 Å². The van der Waals surface area contributed by atoms with E-state index >= 15 is 0 Å². The summed E-state index contributed by atoms with van der Waals surface area (Å²) in [5.74, 6) is 1.22. The van der Waals surface area contributed by atoms with Crippen LogP contribution in [0.1, 0.15) is 21.9 Å². The zero-order chi connectivity index (χ0) is 19.5. The Labute approximate surface area is 157 Å². The molecule has 1 aromatic carbocycles. The van der Waals surface area contributed by atoms with Crippen LogP contribution in [-0.2, 0) is 6.54 Å². The predicted octanol–water partition coefficient (Wildman–Crippen LogP) is 1.93. The molecular formula is C17H13N5O6. The van der Waals surface area contributed by atoms with Crippen LogP contribution in [0.15, 0.2) is 52.2 Å². The lowest BCUT2D eigenvalue weighted by Crippen LogP contribution is -2.16. The molecule has 0 bridgehead atoms. The minimum atomic E-state index is -0.539. The van der Waals surface area contributed by atoms with Crippen molar-refractivity contribution in [3.8, 4) is 11.5 Å². The van der Waals surface area contributed by atoms with Gasteiger partial charge < -0.3 is 13.9 Å². The number of rotatable bonds is 6. The third kappa shape index (κ3) is 3.67. The fraction of sp³-hybridized carbons (Fsp3) is 0.118. The van der Waals surface area contributed by atoms with E-state index in [0.29, 0.717) is 17.3 Å². The molecule has 3 heterocycles. The maximum Gasteiger partial charge on any atom is 0.307 e. The molecule has 2 aromatic heterocycles. The summed E-state index contributed by atoms with van der Waals surface area (Å²) in [6.07, 6.45) is 3.88. The first-order valence-corrected chi connectivity index (χ1v) is 8.07. The second kappa shape index (κ2) is 7.23. The Balaban J connectivity index is 1.35. The summed E-state index contributed by atoms with van der Waals surface area (Å²) in [4.78, 5) is 22.2. The molecular weight excluding hydrogens is 370 g/mol. The molecule has 1 aliphatic rings. The number of nitrogens with one attached hydrogen (secondary N) is 1. The number of hydrazone groups is 1. The number of amides is 1. The van der Waals surface area contributed by atoms with Gasteiger partial charge in [0.2, 0.25) is 6.79 Å². The van der Waals surface area contributed by atoms with Crippen LogP contribution < -0.4 is 14.9 Å². The maximum absolute atomic E-state index is 12.1. The summed E-state index contributed by atoms with van der Waals surface area (Å²) in [5.41, 5.74) is 2.97. The monoisotopic (exact) mass is 383 g/mol. The number of hydrogen-bond acceptors (Lipinski definition) is 8. The highest BCUT2D eigenvalue weighted by Gasteiger charge is 2.14. The van der Waals surface area contributed by atoms with Crippen molar-refractivity contribution in [1.29, 1.82) is 0 Å². The van der Waals surface area contributed by atoms with Gasteiger partial charge in [0.15, 0.2) is 17.3 Å². The number of aromatic nitrogens is 2. The van der Waals surface area contributed by atoms with E-state index in [-0.39, 0.29) is 24.8 Å². The quantitative estimate of drug-likeness (QED) is 0.390. The van der Waals surface area contributed by atoms with Gasteiger partial charge >= 0.3 is 11.6 Å². The molecule has 4 rings (SSSR count). The maximum atomic E-state index is 12.1. The van der Waals surface area contributed by atoms with Crippen LogP contribution in [0.4, 0.5) is 5.69 Å². The number of ether oxygens (including phenoxy) is 2. The van der Waals surface area contributed by atoms with E-state index in [4.69, 9.17) is 13.9 Å². The Morgan fingerprint density at radius 2 is 2.18 bits per heavy atom. The second-order valence-corrected chi connectivity index (χ2v) is 5.73. The molecule has 28 heavy (non-hydrogen) atoms. The first-order valence-electron chi connectivity index (χ1n) is 8.07. The van der Waals surface area contributed by atoms with Gasteiger partial charge in [0.1, 0.15) is 18.2 Å². The zero-order valence-corrected chi connectivity index (χ0v) is 14.3. The van der Waals surface area contributed by atoms with Crippen LogP contribution in [0.25, 0.3) is 0 Å². The molecule has 1 N–H and O–H groups in total. The lowest BCUT2D eigenvalue weighted by atomic mass is 10.2. The standard InChI is InChI=1S/C17H13N5O6/c23-17(20-18-6-11-1-3-14-16(5-11)27-10-26-14)15-4-2-13(28-15)9-21-8-12(7-19-21)22(24)25/h1-8H,9-10H2,(H,20,23)/b18-6-. The van der Waals surface area contributed by atoms with Gasteiger partial charge in [0, 0.05) is 0 Å². The van der Waals surface area contributed by atoms with Crippen LogP contribution in [0.2, 0.25) is 0 Å². The summed E-state index contributed by atoms with van der Waals surface area (Å²) < 4.78 is 17.3. The molecule has 0 spiro atoms. The minimum Gasteiger partial charge on any atom is -0.454 e. The van der Waals surface area contributed by atoms with Gasteiger partial charge in [0.05, 0.1) is 17.7 Å². The lowest BCUT2D eigenvalue weighted by Gasteiger charge is -1.99. The fourth-order valence-electron chi connectivity index (χ4n) is 2.49. The highest BCUT2D eigenvalue weighted by Crippen LogP contribution is 2.31. The van der Waals surface area contributed by atoms with Crippen molar-refractivity contribution in [1.82, 2.24) is 15.2 Å². The first kappa shape index (κ1) is 17.3. The Morgan fingerprint density at radius 1 is 1.32 bits per heavy atom. The van der Waals surface area contributed by atoms with Crippen molar-refractivity contribution in [3.63, 3.8) is 0 Å². The minimum absolute atomic E-state index is 0.0551. The predicted molar refractivity (Wildman–Crippen MR) is 94.3 cm³/mol. The van der Waals surface area contributed by atoms with E-state index in [2.05, 4.69) is 15.6 Å². The van der Waals surface area contributed by atoms with E-state index in [9.17, 15) is 14.9 Å². The lowest BCUT2D eigenvalue weighted by molar-refractivity contribution is -0.385. The van der Waals surface area contributed by atoms with E-state index in [1.807, 2.05) is 0 Å². The highest BCUT2D eigenvalue weighted by molar-refractivity contribution is 5.92. The molecule has 0 aliphatic carbocycles. The van der Waals surface area contributed by atoms with Crippen LogP contribution in [-0.4, -0.2) is 33.6 Å². The molecule has 1 amide bonds. The van der Waals surface area contributed by atoms with Crippen LogP contribution in [0, 0.1) is 10.1 Å². The van der Waals surface area contributed by atoms with Gasteiger partial charge in [-0.25, -0.2) is 5.43 Å². The second-order valence-electron chi connectivity index (χ2n) is 5.73. The number of hydrogen-bond donors (Lipinski definition) is 1. The van der Waals surface area contributed by atoms with Crippen molar-refractivity contribution in [2.45, 2.75) is 6.54 Å². The molecule has 0 saturated heterocycles. The molecule has 0 fully saturated rings. The number of carbonyl (C=O) groups excluding carboxylic acids is 1. The van der Waals surface area contributed by atoms with Gasteiger partial charge in [-0.2, -0.15) is 10.2 Å². The zero-order valence-electron chi connectivity index (χ0n) is 14.3. The van der Waals surface area contributed by atoms with Crippen molar-refractivity contribution in [2.24, 2.45) is 5.10 Å². The number of furan rings is 1. The molecule has 11 heteroatoms. The summed E-state index contributed by atoms with van der Waals surface area (Å²) in [6, 6.07) is 8.34. The van der Waals surface area contributed by atoms with E-state index in [1.54, 1.807) is 24.3 Å². The number of fused-ring (bicyclic) bond motifs is 1. The van der Waals surface area contributed by atoms with E-state index in [1.165, 1.54) is 23.2 Å². The Hall–Kier alpha value is -4.15. The summed E-state index contributed by atoms with van der Waals surface area (Å²) in [5, 5.41) is 18.4. The average Bonchev–Trinajstić information content (AvgIpc) is 3.42. The van der Waals surface area contributed by atoms with E-state index < -0.39 is 10.8 Å². The summed E-state index contributed by atoms with van der Waals surface area (Å²) >= 11 is 0. The number of nitrogens with zero attached hydrogens (tertiary/aromatic N) is 4. The number of nitro groups is 1. The van der Waals surface area contributed by atoms with Crippen molar-refractivity contribution < 1.29 is 23.6 Å². The Bertz CT molecular complexity index is 1070. The average molecular weight is 383 g/mol. The molecule has 1 aliphatic heterocycles. The van der Waals surface area contributed by atoms with Gasteiger partial charge in [-0.1, -0.05) is 0 Å². The summed E-state index contributed by atoms with van der Waals surface area (Å²) in [7, 11) is 0. The third-order valence-electron chi connectivity index (χ3n) is 3.81. The van der Waals surface area contributed by atoms with Gasteiger partial charge in [-0.05, 0) is 35.9 Å². The normalized spacial score (nSPS) is 12.4. The molecule has 142 valence electrons. The largest absolute Gasteiger partial charge is 0.454 e. The van der Waals surface area contributed by atoms with Crippen LogP contribution in [0.5, 0.6) is 11.5 Å². The van der Waals surface area contributed by atoms with Crippen LogP contribution in [0.3, 0.4) is 0 Å². The van der Waals surface area contributed by atoms with E-state index in [0.717, 1.165) is 11.8 Å².